The minimum absolute atomic E-state index is 0.00138. The number of nitrogens with zero attached hydrogens (tertiary/aromatic N) is 2. The van der Waals surface area contributed by atoms with Gasteiger partial charge >= 0.3 is 6.09 Å². The number of aromatic nitrogens is 1. The molecule has 1 aliphatic rings. The minimum Gasteiger partial charge on any atom is -0.444 e. The summed E-state index contributed by atoms with van der Waals surface area (Å²) in [5.41, 5.74) is 1.68. The van der Waals surface area contributed by atoms with Gasteiger partial charge in [-0.1, -0.05) is 12.2 Å². The third-order valence-corrected chi connectivity index (χ3v) is 3.68. The summed E-state index contributed by atoms with van der Waals surface area (Å²) in [6.45, 7) is 10.8. The van der Waals surface area contributed by atoms with Crippen molar-refractivity contribution in [1.29, 1.82) is 0 Å². The smallest absolute Gasteiger partial charge is 0.407 e. The maximum Gasteiger partial charge on any atom is 0.407 e. The summed E-state index contributed by atoms with van der Waals surface area (Å²) in [6.07, 6.45) is 8.14. The average molecular weight is 347 g/mol. The minimum atomic E-state index is -0.481. The Kier molecular flexibility index (Phi) is 6.82. The third-order valence-electron chi connectivity index (χ3n) is 3.68. The largest absolute Gasteiger partial charge is 0.444 e. The summed E-state index contributed by atoms with van der Waals surface area (Å²) in [5, 5.41) is 2.84. The molecular formula is C19H29N3O3. The maximum atomic E-state index is 11.7. The second-order valence-corrected chi connectivity index (χ2v) is 7.26. The van der Waals surface area contributed by atoms with Crippen molar-refractivity contribution in [2.24, 2.45) is 0 Å². The number of anilines is 1. The van der Waals surface area contributed by atoms with E-state index in [9.17, 15) is 4.79 Å². The van der Waals surface area contributed by atoms with Crippen LogP contribution in [0.25, 0.3) is 6.08 Å². The van der Waals surface area contributed by atoms with Crippen LogP contribution in [0.3, 0.4) is 0 Å². The molecular weight excluding hydrogens is 318 g/mol. The van der Waals surface area contributed by atoms with Crippen LogP contribution < -0.4 is 10.2 Å². The van der Waals surface area contributed by atoms with Crippen LogP contribution in [0.2, 0.25) is 0 Å². The molecule has 0 radical (unpaired) electrons. The van der Waals surface area contributed by atoms with E-state index < -0.39 is 5.60 Å². The van der Waals surface area contributed by atoms with Crippen LogP contribution in [0.5, 0.6) is 0 Å². The van der Waals surface area contributed by atoms with E-state index >= 15 is 0 Å². The lowest BCUT2D eigenvalue weighted by Crippen LogP contribution is -2.37. The van der Waals surface area contributed by atoms with Crippen LogP contribution >= 0.6 is 0 Å². The Morgan fingerprint density at radius 3 is 2.80 bits per heavy atom. The van der Waals surface area contributed by atoms with Crippen molar-refractivity contribution in [3.05, 3.63) is 30.1 Å². The highest BCUT2D eigenvalue weighted by Crippen LogP contribution is 2.17. The maximum absolute atomic E-state index is 11.7. The molecule has 1 saturated heterocycles. The summed E-state index contributed by atoms with van der Waals surface area (Å²) in [5.74, 6) is 0. The SMILES string of the molecule is C[C@@H](C/C=C/c1cncc(N2CCOCC2)c1)NC(=O)OC(C)(C)C. The van der Waals surface area contributed by atoms with E-state index in [-0.39, 0.29) is 12.1 Å². The number of rotatable bonds is 5. The van der Waals surface area contributed by atoms with Crippen molar-refractivity contribution in [2.75, 3.05) is 31.2 Å². The van der Waals surface area contributed by atoms with Crippen LogP contribution in [0.15, 0.2) is 24.5 Å². The van der Waals surface area contributed by atoms with Crippen LogP contribution in [0, 0.1) is 0 Å². The highest BCUT2D eigenvalue weighted by molar-refractivity contribution is 5.68. The Labute approximate surface area is 150 Å². The van der Waals surface area contributed by atoms with Gasteiger partial charge in [-0.05, 0) is 45.7 Å². The molecule has 6 nitrogen and oxygen atoms in total. The van der Waals surface area contributed by atoms with E-state index in [1.54, 1.807) is 0 Å². The van der Waals surface area contributed by atoms with Gasteiger partial charge in [0, 0.05) is 25.3 Å². The average Bonchev–Trinajstić information content (AvgIpc) is 2.54. The molecule has 1 fully saturated rings. The topological polar surface area (TPSA) is 63.7 Å². The molecule has 138 valence electrons. The summed E-state index contributed by atoms with van der Waals surface area (Å²) in [7, 11) is 0. The standard InChI is InChI=1S/C19H29N3O3/c1-15(21-18(23)25-19(2,3)4)6-5-7-16-12-17(14-20-13-16)22-8-10-24-11-9-22/h5,7,12-15H,6,8-11H2,1-4H3,(H,21,23)/b7-5+/t15-/m0/s1. The van der Waals surface area contributed by atoms with E-state index in [4.69, 9.17) is 9.47 Å². The Balaban J connectivity index is 1.84. The highest BCUT2D eigenvalue weighted by atomic mass is 16.6. The first-order valence-electron chi connectivity index (χ1n) is 8.77. The van der Waals surface area contributed by atoms with E-state index in [0.29, 0.717) is 0 Å². The number of ether oxygens (including phenoxy) is 2. The normalized spacial score (nSPS) is 16.7. The summed E-state index contributed by atoms with van der Waals surface area (Å²) >= 11 is 0. The van der Waals surface area contributed by atoms with Gasteiger partial charge in [0.25, 0.3) is 0 Å². The number of morpholine rings is 1. The van der Waals surface area contributed by atoms with Gasteiger partial charge in [0.15, 0.2) is 0 Å². The van der Waals surface area contributed by atoms with Crippen LogP contribution in [0.4, 0.5) is 10.5 Å². The van der Waals surface area contributed by atoms with Gasteiger partial charge < -0.3 is 19.7 Å². The number of pyridine rings is 1. The van der Waals surface area contributed by atoms with Gasteiger partial charge in [-0.15, -0.1) is 0 Å². The molecule has 0 aromatic carbocycles. The number of hydrogen-bond donors (Lipinski definition) is 1. The molecule has 2 heterocycles. The molecule has 0 aliphatic carbocycles. The van der Waals surface area contributed by atoms with Crippen molar-refractivity contribution in [1.82, 2.24) is 10.3 Å². The number of carbonyl (C=O) groups excluding carboxylic acids is 1. The van der Waals surface area contributed by atoms with Gasteiger partial charge in [0.05, 0.1) is 25.1 Å². The van der Waals surface area contributed by atoms with Gasteiger partial charge in [-0.2, -0.15) is 0 Å². The third kappa shape index (κ3) is 7.13. The molecule has 1 aromatic heterocycles. The molecule has 1 aliphatic heterocycles. The number of alkyl carbamates (subject to hydrolysis) is 1. The molecule has 0 saturated carbocycles. The molecule has 1 aromatic rings. The zero-order chi connectivity index (χ0) is 18.3. The summed E-state index contributed by atoms with van der Waals surface area (Å²) in [4.78, 5) is 18.3. The molecule has 1 amide bonds. The fraction of sp³-hybridized carbons (Fsp3) is 0.579. The lowest BCUT2D eigenvalue weighted by molar-refractivity contribution is 0.0509. The first kappa shape index (κ1) is 19.2. The van der Waals surface area contributed by atoms with Crippen molar-refractivity contribution in [3.63, 3.8) is 0 Å². The van der Waals surface area contributed by atoms with Gasteiger partial charge in [0.1, 0.15) is 5.60 Å². The molecule has 6 heteroatoms. The molecule has 1 N–H and O–H groups in total. The number of amides is 1. The predicted octanol–water partition coefficient (Wildman–Crippen LogP) is 3.23. The van der Waals surface area contributed by atoms with Gasteiger partial charge in [-0.25, -0.2) is 4.79 Å². The molecule has 1 atom stereocenters. The monoisotopic (exact) mass is 347 g/mol. The van der Waals surface area contributed by atoms with Gasteiger partial charge in [-0.3, -0.25) is 4.98 Å². The Morgan fingerprint density at radius 2 is 2.12 bits per heavy atom. The van der Waals surface area contributed by atoms with E-state index in [2.05, 4.69) is 21.3 Å². The van der Waals surface area contributed by atoms with E-state index in [1.165, 1.54) is 0 Å². The molecule has 0 unspecified atom stereocenters. The van der Waals surface area contributed by atoms with Crippen molar-refractivity contribution in [3.8, 4) is 0 Å². The number of hydrogen-bond acceptors (Lipinski definition) is 5. The molecule has 2 rings (SSSR count). The van der Waals surface area contributed by atoms with E-state index in [1.807, 2.05) is 52.2 Å². The van der Waals surface area contributed by atoms with Crippen LogP contribution in [-0.4, -0.2) is 49.0 Å². The van der Waals surface area contributed by atoms with Crippen LogP contribution in [0.1, 0.15) is 39.7 Å². The first-order valence-corrected chi connectivity index (χ1v) is 8.77. The van der Waals surface area contributed by atoms with Crippen molar-refractivity contribution >= 4 is 17.9 Å². The fourth-order valence-electron chi connectivity index (χ4n) is 2.51. The van der Waals surface area contributed by atoms with Crippen molar-refractivity contribution < 1.29 is 14.3 Å². The quantitative estimate of drug-likeness (QED) is 0.886. The molecule has 25 heavy (non-hydrogen) atoms. The lowest BCUT2D eigenvalue weighted by atomic mass is 10.1. The first-order chi connectivity index (χ1) is 11.8. The number of nitrogens with one attached hydrogen (secondary N) is 1. The van der Waals surface area contributed by atoms with Crippen LogP contribution in [-0.2, 0) is 9.47 Å². The summed E-state index contributed by atoms with van der Waals surface area (Å²) < 4.78 is 10.6. The lowest BCUT2D eigenvalue weighted by Gasteiger charge is -2.28. The zero-order valence-corrected chi connectivity index (χ0v) is 15.6. The second kappa shape index (κ2) is 8.85. The highest BCUT2D eigenvalue weighted by Gasteiger charge is 2.17. The Hall–Kier alpha value is -2.08. The fourth-order valence-corrected chi connectivity index (χ4v) is 2.51. The summed E-state index contributed by atoms with van der Waals surface area (Å²) in [6, 6.07) is 2.13. The number of carbonyl (C=O) groups is 1. The van der Waals surface area contributed by atoms with E-state index in [0.717, 1.165) is 44.0 Å². The zero-order valence-electron chi connectivity index (χ0n) is 15.6. The molecule has 0 spiro atoms. The van der Waals surface area contributed by atoms with Gasteiger partial charge in [0.2, 0.25) is 0 Å². The molecule has 0 bridgehead atoms. The van der Waals surface area contributed by atoms with Crippen molar-refractivity contribution in [2.45, 2.75) is 45.8 Å². The Morgan fingerprint density at radius 1 is 1.40 bits per heavy atom. The second-order valence-electron chi connectivity index (χ2n) is 7.26. The predicted molar refractivity (Wildman–Crippen MR) is 99.8 cm³/mol. The Bertz CT molecular complexity index is 590.